The molecule has 1 rings (SSSR count). The lowest BCUT2D eigenvalue weighted by molar-refractivity contribution is 0.261. The van der Waals surface area contributed by atoms with Crippen LogP contribution in [0.2, 0.25) is 0 Å². The van der Waals surface area contributed by atoms with E-state index in [-0.39, 0.29) is 0 Å². The summed E-state index contributed by atoms with van der Waals surface area (Å²) in [6, 6.07) is 8.71. The number of hydrogen-bond donors (Lipinski definition) is 1. The summed E-state index contributed by atoms with van der Waals surface area (Å²) in [4.78, 5) is 2.12. The van der Waals surface area contributed by atoms with Gasteiger partial charge in [-0.25, -0.2) is 0 Å². The second-order valence-electron chi connectivity index (χ2n) is 5.68. The van der Waals surface area contributed by atoms with E-state index in [2.05, 4.69) is 54.4 Å². The Morgan fingerprint density at radius 3 is 2.50 bits per heavy atom. The van der Waals surface area contributed by atoms with Crippen LogP contribution >= 0.6 is 0 Å². The minimum Gasteiger partial charge on any atom is -0.492 e. The molecule has 22 heavy (non-hydrogen) atoms. The molecule has 3 nitrogen and oxygen atoms in total. The Balaban J connectivity index is 2.72. The van der Waals surface area contributed by atoms with Crippen LogP contribution in [0.5, 0.6) is 5.75 Å². The third-order valence-corrected chi connectivity index (χ3v) is 3.44. The van der Waals surface area contributed by atoms with Gasteiger partial charge in [-0.05, 0) is 57.8 Å². The summed E-state index contributed by atoms with van der Waals surface area (Å²) in [6.07, 6.45) is 7.64. The van der Waals surface area contributed by atoms with Crippen molar-refractivity contribution >= 4 is 5.57 Å². The molecule has 0 aromatic heterocycles. The summed E-state index contributed by atoms with van der Waals surface area (Å²) >= 11 is 0. The normalized spacial score (nSPS) is 13.8. The Bertz CT molecular complexity index is 475. The van der Waals surface area contributed by atoms with Crippen LogP contribution in [0.15, 0.2) is 42.5 Å². The average Bonchev–Trinajstić information content (AvgIpc) is 2.51. The van der Waals surface area contributed by atoms with Crippen LogP contribution in [0.3, 0.4) is 0 Å². The van der Waals surface area contributed by atoms with Crippen molar-refractivity contribution in [3.8, 4) is 5.75 Å². The van der Waals surface area contributed by atoms with Crippen LogP contribution in [0.25, 0.3) is 5.57 Å². The van der Waals surface area contributed by atoms with Gasteiger partial charge in [0.1, 0.15) is 12.4 Å². The maximum Gasteiger partial charge on any atom is 0.119 e. The van der Waals surface area contributed by atoms with E-state index in [4.69, 9.17) is 4.74 Å². The number of nitrogens with one attached hydrogen (secondary N) is 1. The Labute approximate surface area is 135 Å². The zero-order chi connectivity index (χ0) is 16.4. The Morgan fingerprint density at radius 1 is 1.27 bits per heavy atom. The Morgan fingerprint density at radius 2 is 1.95 bits per heavy atom. The van der Waals surface area contributed by atoms with Gasteiger partial charge in [0.15, 0.2) is 0 Å². The molecular formula is C19H30N2O. The molecule has 1 aromatic carbocycles. The first-order valence-corrected chi connectivity index (χ1v) is 8.00. The van der Waals surface area contributed by atoms with Crippen molar-refractivity contribution in [3.63, 3.8) is 0 Å². The van der Waals surface area contributed by atoms with Gasteiger partial charge in [-0.3, -0.25) is 0 Å². The van der Waals surface area contributed by atoms with E-state index in [1.54, 1.807) is 0 Å². The molecule has 0 amide bonds. The lowest BCUT2D eigenvalue weighted by atomic mass is 10.0. The summed E-state index contributed by atoms with van der Waals surface area (Å²) in [5, 5.41) is 3.22. The molecule has 0 spiro atoms. The number of ether oxygens (including phenoxy) is 1. The third kappa shape index (κ3) is 6.92. The van der Waals surface area contributed by atoms with E-state index in [0.29, 0.717) is 12.6 Å². The average molecular weight is 302 g/mol. The quantitative estimate of drug-likeness (QED) is 0.706. The molecule has 1 atom stereocenters. The number of benzene rings is 1. The predicted molar refractivity (Wildman–Crippen MR) is 96.4 cm³/mol. The van der Waals surface area contributed by atoms with Crippen molar-refractivity contribution in [2.75, 3.05) is 34.3 Å². The zero-order valence-corrected chi connectivity index (χ0v) is 14.6. The van der Waals surface area contributed by atoms with Crippen LogP contribution < -0.4 is 10.1 Å². The van der Waals surface area contributed by atoms with E-state index >= 15 is 0 Å². The van der Waals surface area contributed by atoms with Crippen molar-refractivity contribution in [2.24, 2.45) is 0 Å². The smallest absolute Gasteiger partial charge is 0.119 e. The molecule has 1 aromatic rings. The molecule has 0 fully saturated rings. The summed E-state index contributed by atoms with van der Waals surface area (Å²) in [5.74, 6) is 0.925. The molecule has 3 heteroatoms. The molecule has 0 aliphatic carbocycles. The van der Waals surface area contributed by atoms with Crippen LogP contribution in [0.4, 0.5) is 0 Å². The lowest BCUT2D eigenvalue weighted by Crippen LogP contribution is -2.19. The first-order valence-electron chi connectivity index (χ1n) is 8.00. The molecule has 0 heterocycles. The zero-order valence-electron chi connectivity index (χ0n) is 14.6. The van der Waals surface area contributed by atoms with Gasteiger partial charge in [0, 0.05) is 12.6 Å². The Hall–Kier alpha value is -1.58. The SMILES string of the molecule is CC/C=C(\C=C/C(C)NC)c1ccc(OCCN(C)C)cc1. The van der Waals surface area contributed by atoms with Crippen molar-refractivity contribution in [2.45, 2.75) is 26.3 Å². The van der Waals surface area contributed by atoms with Crippen LogP contribution in [-0.4, -0.2) is 45.2 Å². The molecular weight excluding hydrogens is 272 g/mol. The summed E-state index contributed by atoms with van der Waals surface area (Å²) < 4.78 is 5.74. The van der Waals surface area contributed by atoms with E-state index in [0.717, 1.165) is 18.7 Å². The lowest BCUT2D eigenvalue weighted by Gasteiger charge is -2.11. The van der Waals surface area contributed by atoms with E-state index in [1.165, 1.54) is 11.1 Å². The van der Waals surface area contributed by atoms with Gasteiger partial charge < -0.3 is 15.0 Å². The molecule has 0 aliphatic rings. The van der Waals surface area contributed by atoms with E-state index in [9.17, 15) is 0 Å². The maximum absolute atomic E-state index is 5.74. The number of likely N-dealkylation sites (N-methyl/N-ethyl adjacent to an activating group) is 2. The van der Waals surface area contributed by atoms with Gasteiger partial charge in [0.05, 0.1) is 0 Å². The topological polar surface area (TPSA) is 24.5 Å². The monoisotopic (exact) mass is 302 g/mol. The second kappa shape index (κ2) is 10.2. The number of hydrogen-bond acceptors (Lipinski definition) is 3. The van der Waals surface area contributed by atoms with Gasteiger partial charge in [0.25, 0.3) is 0 Å². The van der Waals surface area contributed by atoms with Crippen LogP contribution in [0.1, 0.15) is 25.8 Å². The summed E-state index contributed by atoms with van der Waals surface area (Å²) in [7, 11) is 6.07. The molecule has 0 saturated heterocycles. The van der Waals surface area contributed by atoms with Gasteiger partial charge in [0.2, 0.25) is 0 Å². The first kappa shape index (κ1) is 18.5. The van der Waals surface area contributed by atoms with Gasteiger partial charge in [-0.15, -0.1) is 0 Å². The molecule has 1 N–H and O–H groups in total. The van der Waals surface area contributed by atoms with Gasteiger partial charge >= 0.3 is 0 Å². The van der Waals surface area contributed by atoms with Gasteiger partial charge in [-0.2, -0.15) is 0 Å². The van der Waals surface area contributed by atoms with Gasteiger partial charge in [-0.1, -0.05) is 37.3 Å². The summed E-state index contributed by atoms with van der Waals surface area (Å²) in [6.45, 7) is 5.94. The predicted octanol–water partition coefficient (Wildman–Crippen LogP) is 3.58. The Kier molecular flexibility index (Phi) is 8.56. The molecule has 1 unspecified atom stereocenters. The van der Waals surface area contributed by atoms with Crippen LogP contribution in [-0.2, 0) is 0 Å². The third-order valence-electron chi connectivity index (χ3n) is 3.44. The van der Waals surface area contributed by atoms with Crippen LogP contribution in [0, 0.1) is 0 Å². The highest BCUT2D eigenvalue weighted by atomic mass is 16.5. The highest BCUT2D eigenvalue weighted by Crippen LogP contribution is 2.20. The molecule has 122 valence electrons. The highest BCUT2D eigenvalue weighted by Gasteiger charge is 2.00. The standard InChI is InChI=1S/C19H30N2O/c1-6-7-17(9-8-16(2)20-3)18-10-12-19(13-11-18)22-15-14-21(4)5/h7-13,16,20H,6,14-15H2,1-5H3/b9-8-,17-7+. The van der Waals surface area contributed by atoms with E-state index in [1.807, 2.05) is 33.3 Å². The number of rotatable bonds is 9. The summed E-state index contributed by atoms with van der Waals surface area (Å²) in [5.41, 5.74) is 2.48. The molecule has 0 saturated carbocycles. The van der Waals surface area contributed by atoms with E-state index < -0.39 is 0 Å². The second-order valence-corrected chi connectivity index (χ2v) is 5.68. The van der Waals surface area contributed by atoms with Crippen molar-refractivity contribution in [3.05, 3.63) is 48.1 Å². The molecule has 0 radical (unpaired) electrons. The molecule has 0 aliphatic heterocycles. The van der Waals surface area contributed by atoms with Crippen molar-refractivity contribution < 1.29 is 4.74 Å². The fraction of sp³-hybridized carbons (Fsp3) is 0.474. The minimum atomic E-state index is 0.369. The maximum atomic E-state index is 5.74. The van der Waals surface area contributed by atoms with Crippen molar-refractivity contribution in [1.82, 2.24) is 10.2 Å². The minimum absolute atomic E-state index is 0.369. The largest absolute Gasteiger partial charge is 0.492 e. The number of nitrogens with zero attached hydrogens (tertiary/aromatic N) is 1. The molecule has 0 bridgehead atoms. The fourth-order valence-corrected chi connectivity index (χ4v) is 1.94. The highest BCUT2D eigenvalue weighted by molar-refractivity contribution is 5.74. The number of allylic oxidation sites excluding steroid dienone is 3. The fourth-order valence-electron chi connectivity index (χ4n) is 1.94. The van der Waals surface area contributed by atoms with Crippen molar-refractivity contribution in [1.29, 1.82) is 0 Å². The first-order chi connectivity index (χ1) is 10.6.